The first-order chi connectivity index (χ1) is 6.56. The second kappa shape index (κ2) is 3.84. The largest absolute Gasteiger partial charge is 0.478 e. The van der Waals surface area contributed by atoms with Gasteiger partial charge in [0.1, 0.15) is 0 Å². The van der Waals surface area contributed by atoms with Gasteiger partial charge in [0.25, 0.3) is 5.69 Å². The molecular weight excluding hydrogens is 188 g/mol. The standard InChI is InChI=1S/C8H8N2O4/c9-4-5-3-6(10(13)14)1-2-7(5)8(11)12/h1-3H,4,9H2,(H,11,12). The van der Waals surface area contributed by atoms with Crippen molar-refractivity contribution in [3.05, 3.63) is 39.4 Å². The van der Waals surface area contributed by atoms with Crippen LogP contribution < -0.4 is 5.73 Å². The van der Waals surface area contributed by atoms with Crippen molar-refractivity contribution in [2.24, 2.45) is 5.73 Å². The highest BCUT2D eigenvalue weighted by atomic mass is 16.6. The fourth-order valence-electron chi connectivity index (χ4n) is 1.07. The Morgan fingerprint density at radius 3 is 2.64 bits per heavy atom. The summed E-state index contributed by atoms with van der Waals surface area (Å²) in [6, 6.07) is 3.49. The SMILES string of the molecule is NCc1cc([N+](=O)[O-])ccc1C(=O)O. The van der Waals surface area contributed by atoms with Crippen molar-refractivity contribution in [2.75, 3.05) is 0 Å². The van der Waals surface area contributed by atoms with Crippen molar-refractivity contribution in [3.63, 3.8) is 0 Å². The molecular formula is C8H8N2O4. The summed E-state index contributed by atoms with van der Waals surface area (Å²) in [5.74, 6) is -1.14. The van der Waals surface area contributed by atoms with E-state index in [2.05, 4.69) is 0 Å². The van der Waals surface area contributed by atoms with Crippen LogP contribution in [0.2, 0.25) is 0 Å². The van der Waals surface area contributed by atoms with Crippen LogP contribution in [-0.4, -0.2) is 16.0 Å². The molecule has 1 aromatic carbocycles. The Hall–Kier alpha value is -1.95. The van der Waals surface area contributed by atoms with Crippen LogP contribution in [0.3, 0.4) is 0 Å². The third-order valence-corrected chi connectivity index (χ3v) is 1.75. The van der Waals surface area contributed by atoms with Gasteiger partial charge in [0.2, 0.25) is 0 Å². The molecule has 0 saturated heterocycles. The monoisotopic (exact) mass is 196 g/mol. The van der Waals surface area contributed by atoms with Gasteiger partial charge in [-0.2, -0.15) is 0 Å². The number of carbonyl (C=O) groups is 1. The zero-order valence-electron chi connectivity index (χ0n) is 7.14. The molecule has 0 bridgehead atoms. The van der Waals surface area contributed by atoms with Crippen molar-refractivity contribution in [2.45, 2.75) is 6.54 Å². The Labute approximate surface area is 79.1 Å². The van der Waals surface area contributed by atoms with E-state index in [0.717, 1.165) is 6.07 Å². The second-order valence-corrected chi connectivity index (χ2v) is 2.61. The van der Waals surface area contributed by atoms with Crippen molar-refractivity contribution in [1.82, 2.24) is 0 Å². The molecule has 6 heteroatoms. The van der Waals surface area contributed by atoms with Crippen molar-refractivity contribution in [1.29, 1.82) is 0 Å². The fourth-order valence-corrected chi connectivity index (χ4v) is 1.07. The van der Waals surface area contributed by atoms with Crippen LogP contribution in [0.5, 0.6) is 0 Å². The summed E-state index contributed by atoms with van der Waals surface area (Å²) in [5, 5.41) is 19.1. The molecule has 0 amide bonds. The Bertz CT molecular complexity index is 389. The summed E-state index contributed by atoms with van der Waals surface area (Å²) in [6.07, 6.45) is 0. The maximum absolute atomic E-state index is 10.6. The molecule has 0 radical (unpaired) electrons. The summed E-state index contributed by atoms with van der Waals surface area (Å²) < 4.78 is 0. The van der Waals surface area contributed by atoms with E-state index in [4.69, 9.17) is 10.8 Å². The van der Waals surface area contributed by atoms with Crippen LogP contribution in [0.4, 0.5) is 5.69 Å². The highest BCUT2D eigenvalue weighted by Crippen LogP contribution is 2.17. The molecule has 0 aromatic heterocycles. The van der Waals surface area contributed by atoms with Gasteiger partial charge in [-0.1, -0.05) is 0 Å². The molecule has 1 rings (SSSR count). The molecule has 0 aliphatic heterocycles. The molecule has 0 atom stereocenters. The number of nitrogens with two attached hydrogens (primary N) is 1. The number of nitrogens with zero attached hydrogens (tertiary/aromatic N) is 1. The van der Waals surface area contributed by atoms with E-state index in [1.807, 2.05) is 0 Å². The van der Waals surface area contributed by atoms with E-state index in [0.29, 0.717) is 0 Å². The molecule has 0 spiro atoms. The maximum atomic E-state index is 10.6. The first-order valence-corrected chi connectivity index (χ1v) is 3.77. The van der Waals surface area contributed by atoms with Crippen LogP contribution in [0.1, 0.15) is 15.9 Å². The molecule has 0 aliphatic carbocycles. The normalized spacial score (nSPS) is 9.79. The number of benzene rings is 1. The minimum Gasteiger partial charge on any atom is -0.478 e. The van der Waals surface area contributed by atoms with E-state index in [-0.39, 0.29) is 23.4 Å². The molecule has 14 heavy (non-hydrogen) atoms. The Kier molecular flexibility index (Phi) is 2.78. The molecule has 1 aromatic rings. The van der Waals surface area contributed by atoms with E-state index < -0.39 is 10.9 Å². The molecule has 0 saturated carbocycles. The third kappa shape index (κ3) is 1.86. The zero-order valence-corrected chi connectivity index (χ0v) is 7.14. The summed E-state index contributed by atoms with van der Waals surface area (Å²) in [7, 11) is 0. The van der Waals surface area contributed by atoms with Crippen molar-refractivity contribution in [3.8, 4) is 0 Å². The predicted molar refractivity (Wildman–Crippen MR) is 47.9 cm³/mol. The van der Waals surface area contributed by atoms with Crippen LogP contribution >= 0.6 is 0 Å². The van der Waals surface area contributed by atoms with Gasteiger partial charge in [-0.3, -0.25) is 10.1 Å². The van der Waals surface area contributed by atoms with Crippen LogP contribution in [-0.2, 0) is 6.54 Å². The number of carboxylic acid groups (broad SMARTS) is 1. The van der Waals surface area contributed by atoms with Gasteiger partial charge in [0.05, 0.1) is 10.5 Å². The Morgan fingerprint density at radius 2 is 2.21 bits per heavy atom. The van der Waals surface area contributed by atoms with Gasteiger partial charge in [0.15, 0.2) is 0 Å². The molecule has 0 fully saturated rings. The first-order valence-electron chi connectivity index (χ1n) is 3.77. The molecule has 0 aliphatic rings. The van der Waals surface area contributed by atoms with Crippen LogP contribution in [0, 0.1) is 10.1 Å². The van der Waals surface area contributed by atoms with Gasteiger partial charge in [-0.25, -0.2) is 4.79 Å². The minimum absolute atomic E-state index is 0.00176. The number of hydrogen-bond acceptors (Lipinski definition) is 4. The van der Waals surface area contributed by atoms with E-state index in [9.17, 15) is 14.9 Å². The van der Waals surface area contributed by atoms with Crippen LogP contribution in [0.15, 0.2) is 18.2 Å². The van der Waals surface area contributed by atoms with Gasteiger partial charge in [-0.15, -0.1) is 0 Å². The quantitative estimate of drug-likeness (QED) is 0.548. The summed E-state index contributed by atoms with van der Waals surface area (Å²) in [6.45, 7) is -0.0384. The highest BCUT2D eigenvalue weighted by Gasteiger charge is 2.13. The van der Waals surface area contributed by atoms with Crippen molar-refractivity contribution >= 4 is 11.7 Å². The second-order valence-electron chi connectivity index (χ2n) is 2.61. The smallest absolute Gasteiger partial charge is 0.336 e. The minimum atomic E-state index is -1.14. The number of rotatable bonds is 3. The van der Waals surface area contributed by atoms with Crippen LogP contribution in [0.25, 0.3) is 0 Å². The van der Waals surface area contributed by atoms with Gasteiger partial charge >= 0.3 is 5.97 Å². The predicted octanol–water partition coefficient (Wildman–Crippen LogP) is 0.752. The highest BCUT2D eigenvalue weighted by molar-refractivity contribution is 5.89. The molecule has 74 valence electrons. The molecule has 0 heterocycles. The molecule has 0 unspecified atom stereocenters. The number of carboxylic acids is 1. The maximum Gasteiger partial charge on any atom is 0.336 e. The summed E-state index contributed by atoms with van der Waals surface area (Å²) >= 11 is 0. The summed E-state index contributed by atoms with van der Waals surface area (Å²) in [4.78, 5) is 20.4. The number of nitro groups is 1. The third-order valence-electron chi connectivity index (χ3n) is 1.75. The number of nitro benzene ring substituents is 1. The fraction of sp³-hybridized carbons (Fsp3) is 0.125. The zero-order chi connectivity index (χ0) is 10.7. The topological polar surface area (TPSA) is 106 Å². The number of non-ortho nitro benzene ring substituents is 1. The lowest BCUT2D eigenvalue weighted by Gasteiger charge is -2.02. The van der Waals surface area contributed by atoms with Crippen molar-refractivity contribution < 1.29 is 14.8 Å². The van der Waals surface area contributed by atoms with Gasteiger partial charge in [0, 0.05) is 18.7 Å². The van der Waals surface area contributed by atoms with Gasteiger partial charge < -0.3 is 10.8 Å². The number of aromatic carboxylic acids is 1. The lowest BCUT2D eigenvalue weighted by atomic mass is 10.1. The van der Waals surface area contributed by atoms with E-state index >= 15 is 0 Å². The Balaban J connectivity index is 3.25. The molecule has 6 nitrogen and oxygen atoms in total. The lowest BCUT2D eigenvalue weighted by molar-refractivity contribution is -0.384. The molecule has 3 N–H and O–H groups in total. The van der Waals surface area contributed by atoms with Gasteiger partial charge in [-0.05, 0) is 11.6 Å². The average molecular weight is 196 g/mol. The van der Waals surface area contributed by atoms with E-state index in [1.54, 1.807) is 0 Å². The first kappa shape index (κ1) is 10.1. The van der Waals surface area contributed by atoms with E-state index in [1.165, 1.54) is 12.1 Å². The summed E-state index contributed by atoms with van der Waals surface area (Å²) in [5.41, 5.74) is 5.37. The lowest BCUT2D eigenvalue weighted by Crippen LogP contribution is -2.07. The average Bonchev–Trinajstić information content (AvgIpc) is 2.16. The Morgan fingerprint density at radius 1 is 1.57 bits per heavy atom. The number of hydrogen-bond donors (Lipinski definition) is 2.